The maximum atomic E-state index is 14.1. The van der Waals surface area contributed by atoms with Crippen LogP contribution in [-0.2, 0) is 23.4 Å². The molecule has 1 saturated carbocycles. The van der Waals surface area contributed by atoms with Crippen LogP contribution in [0.3, 0.4) is 0 Å². The SMILES string of the molecule is COc1ncc(-c2ccc(C(=O)O)cc2C)cc1-c1ccc(C(F)(F)F)cc1C1CCC2C1=NOC2c1cc(C(F)(F)F)cc(C(F)(F)F)c1. The highest BCUT2D eigenvalue weighted by atomic mass is 19.4. The lowest BCUT2D eigenvalue weighted by Gasteiger charge is -2.21. The second-order valence-corrected chi connectivity index (χ2v) is 12.0. The van der Waals surface area contributed by atoms with Crippen molar-refractivity contribution in [3.63, 3.8) is 0 Å². The number of hydrogen-bond acceptors (Lipinski definition) is 5. The molecule has 6 nitrogen and oxygen atoms in total. The molecule has 262 valence electrons. The lowest BCUT2D eigenvalue weighted by atomic mass is 9.84. The first kappa shape index (κ1) is 34.8. The third kappa shape index (κ3) is 6.48. The van der Waals surface area contributed by atoms with Gasteiger partial charge >= 0.3 is 24.5 Å². The number of rotatable bonds is 6. The molecule has 1 fully saturated rings. The van der Waals surface area contributed by atoms with Gasteiger partial charge in [-0.2, -0.15) is 39.5 Å². The molecule has 1 aliphatic carbocycles. The van der Waals surface area contributed by atoms with Gasteiger partial charge in [0, 0.05) is 29.2 Å². The number of benzene rings is 3. The van der Waals surface area contributed by atoms with Crippen molar-refractivity contribution < 1.29 is 59.0 Å². The highest BCUT2D eigenvalue weighted by molar-refractivity contribution is 5.98. The van der Waals surface area contributed by atoms with E-state index in [2.05, 4.69) is 10.1 Å². The van der Waals surface area contributed by atoms with Gasteiger partial charge in [0.15, 0.2) is 6.10 Å². The molecule has 1 N–H and O–H groups in total. The van der Waals surface area contributed by atoms with Crippen LogP contribution in [-0.4, -0.2) is 28.9 Å². The zero-order valence-corrected chi connectivity index (χ0v) is 26.0. The first-order valence-electron chi connectivity index (χ1n) is 15.0. The molecule has 0 saturated heterocycles. The summed E-state index contributed by atoms with van der Waals surface area (Å²) >= 11 is 0. The van der Waals surface area contributed by atoms with Gasteiger partial charge in [-0.25, -0.2) is 9.78 Å². The second-order valence-electron chi connectivity index (χ2n) is 12.0. The summed E-state index contributed by atoms with van der Waals surface area (Å²) in [5, 5.41) is 13.4. The van der Waals surface area contributed by atoms with Crippen LogP contribution >= 0.6 is 0 Å². The smallest absolute Gasteiger partial charge is 0.416 e. The number of aryl methyl sites for hydroxylation is 1. The van der Waals surface area contributed by atoms with Crippen LogP contribution in [0, 0.1) is 12.8 Å². The molecule has 2 heterocycles. The Morgan fingerprint density at radius 3 is 2.02 bits per heavy atom. The first-order valence-corrected chi connectivity index (χ1v) is 15.0. The molecule has 0 amide bonds. The minimum Gasteiger partial charge on any atom is -0.481 e. The predicted molar refractivity (Wildman–Crippen MR) is 162 cm³/mol. The van der Waals surface area contributed by atoms with Crippen LogP contribution in [0.25, 0.3) is 22.3 Å². The van der Waals surface area contributed by atoms with Gasteiger partial charge in [-0.1, -0.05) is 17.3 Å². The molecular weight excluding hydrogens is 683 g/mol. The number of carbonyl (C=O) groups is 1. The van der Waals surface area contributed by atoms with Crippen LogP contribution in [0.4, 0.5) is 39.5 Å². The third-order valence-corrected chi connectivity index (χ3v) is 8.95. The number of ether oxygens (including phenoxy) is 1. The molecule has 2 aliphatic rings. The van der Waals surface area contributed by atoms with Crippen molar-refractivity contribution in [1.82, 2.24) is 4.98 Å². The molecule has 3 unspecified atom stereocenters. The number of aromatic nitrogens is 1. The third-order valence-electron chi connectivity index (χ3n) is 8.95. The van der Waals surface area contributed by atoms with E-state index in [0.29, 0.717) is 28.8 Å². The molecular formula is C35H25F9N2O4. The molecule has 3 aromatic carbocycles. The Bertz CT molecular complexity index is 1990. The van der Waals surface area contributed by atoms with Gasteiger partial charge in [0.25, 0.3) is 0 Å². The van der Waals surface area contributed by atoms with E-state index in [9.17, 15) is 49.4 Å². The normalized spacial score (nSPS) is 19.2. The predicted octanol–water partition coefficient (Wildman–Crippen LogP) is 10.1. The summed E-state index contributed by atoms with van der Waals surface area (Å²) in [5.41, 5.74) is -1.88. The van der Waals surface area contributed by atoms with Crippen LogP contribution < -0.4 is 4.74 Å². The number of methoxy groups -OCH3 is 1. The van der Waals surface area contributed by atoms with Crippen molar-refractivity contribution >= 4 is 11.7 Å². The standard InChI is InChI=1S/C35H25F9N2O4/c1-16-9-17(32(47)48)3-5-23(16)19-12-28(31(49-2)45-15-19)24-6-4-20(33(36,37)38)14-27(24)25-7-8-26-29(25)46-50-30(26)18-10-21(34(39,40)41)13-22(11-18)35(42,43)44/h3-6,9-15,25-26,30H,7-8H2,1-2H3,(H,47,48). The molecule has 15 heteroatoms. The highest BCUT2D eigenvalue weighted by Crippen LogP contribution is 2.51. The number of pyridine rings is 1. The van der Waals surface area contributed by atoms with Crippen LogP contribution in [0.15, 0.2) is 72.0 Å². The van der Waals surface area contributed by atoms with E-state index in [1.165, 1.54) is 31.5 Å². The molecule has 50 heavy (non-hydrogen) atoms. The average molecular weight is 709 g/mol. The van der Waals surface area contributed by atoms with Gasteiger partial charge in [-0.3, -0.25) is 0 Å². The maximum absolute atomic E-state index is 14.1. The fourth-order valence-corrected chi connectivity index (χ4v) is 6.63. The summed E-state index contributed by atoms with van der Waals surface area (Å²) < 4.78 is 129. The minimum atomic E-state index is -5.10. The van der Waals surface area contributed by atoms with E-state index in [1.807, 2.05) is 0 Å². The van der Waals surface area contributed by atoms with Crippen molar-refractivity contribution in [2.45, 2.75) is 50.3 Å². The van der Waals surface area contributed by atoms with Crippen LogP contribution in [0.1, 0.15) is 68.6 Å². The molecule has 1 aliphatic heterocycles. The maximum Gasteiger partial charge on any atom is 0.416 e. The van der Waals surface area contributed by atoms with E-state index < -0.39 is 64.7 Å². The summed E-state index contributed by atoms with van der Waals surface area (Å²) in [5.74, 6) is -2.77. The summed E-state index contributed by atoms with van der Waals surface area (Å²) in [6.07, 6.45) is -14.5. The van der Waals surface area contributed by atoms with Gasteiger partial charge in [0.2, 0.25) is 5.88 Å². The topological polar surface area (TPSA) is 81.0 Å². The Kier molecular flexibility index (Phi) is 8.59. The van der Waals surface area contributed by atoms with Crippen LogP contribution in [0.5, 0.6) is 5.88 Å². The van der Waals surface area contributed by atoms with Gasteiger partial charge in [-0.05, 0) is 96.1 Å². The molecule has 0 spiro atoms. The molecule has 0 radical (unpaired) electrons. The molecule has 6 rings (SSSR count). The highest BCUT2D eigenvalue weighted by Gasteiger charge is 2.47. The Morgan fingerprint density at radius 1 is 0.800 bits per heavy atom. The second kappa shape index (κ2) is 12.4. The van der Waals surface area contributed by atoms with E-state index in [-0.39, 0.29) is 52.8 Å². The monoisotopic (exact) mass is 708 g/mol. The largest absolute Gasteiger partial charge is 0.481 e. The van der Waals surface area contributed by atoms with Gasteiger partial charge in [0.05, 0.1) is 35.1 Å². The summed E-state index contributed by atoms with van der Waals surface area (Å²) in [6.45, 7) is 1.69. The number of fused-ring (bicyclic) bond motifs is 1. The number of carboxylic acid groups (broad SMARTS) is 1. The Balaban J connectivity index is 1.44. The van der Waals surface area contributed by atoms with Gasteiger partial charge in [-0.15, -0.1) is 0 Å². The number of aromatic carboxylic acids is 1. The number of oxime groups is 1. The summed E-state index contributed by atoms with van der Waals surface area (Å²) in [6, 6.07) is 10.2. The Morgan fingerprint density at radius 2 is 1.44 bits per heavy atom. The fraction of sp³-hybridized carbons (Fsp3) is 0.286. The van der Waals surface area contributed by atoms with Gasteiger partial charge < -0.3 is 14.7 Å². The summed E-state index contributed by atoms with van der Waals surface area (Å²) in [4.78, 5) is 21.3. The zero-order chi connectivity index (χ0) is 36.3. The zero-order valence-electron chi connectivity index (χ0n) is 26.0. The molecule has 3 atom stereocenters. The molecule has 0 bridgehead atoms. The number of halogens is 9. The van der Waals surface area contributed by atoms with Gasteiger partial charge in [0.1, 0.15) is 0 Å². The van der Waals surface area contributed by atoms with Crippen molar-refractivity contribution in [2.75, 3.05) is 7.11 Å². The van der Waals surface area contributed by atoms with Crippen LogP contribution in [0.2, 0.25) is 0 Å². The first-order chi connectivity index (χ1) is 23.4. The number of alkyl halides is 9. The Hall–Kier alpha value is -5.08. The number of carboxylic acids is 1. The lowest BCUT2D eigenvalue weighted by molar-refractivity contribution is -0.143. The van der Waals surface area contributed by atoms with E-state index in [1.54, 1.807) is 19.1 Å². The Labute approximate surface area is 278 Å². The quantitative estimate of drug-likeness (QED) is 0.202. The minimum absolute atomic E-state index is 0.00410. The molecule has 4 aromatic rings. The number of hydrogen-bond donors (Lipinski definition) is 1. The van der Waals surface area contributed by atoms with Crippen molar-refractivity contribution in [2.24, 2.45) is 11.1 Å². The van der Waals surface area contributed by atoms with Crippen molar-refractivity contribution in [1.29, 1.82) is 0 Å². The lowest BCUT2D eigenvalue weighted by Crippen LogP contribution is -2.18. The van der Waals surface area contributed by atoms with E-state index in [0.717, 1.165) is 12.1 Å². The van der Waals surface area contributed by atoms with Crippen molar-refractivity contribution in [3.8, 4) is 28.1 Å². The fourth-order valence-electron chi connectivity index (χ4n) is 6.63. The summed E-state index contributed by atoms with van der Waals surface area (Å²) in [7, 11) is 1.32. The number of nitrogens with zero attached hydrogens (tertiary/aromatic N) is 2. The van der Waals surface area contributed by atoms with E-state index in [4.69, 9.17) is 9.57 Å². The average Bonchev–Trinajstić information content (AvgIpc) is 3.65. The van der Waals surface area contributed by atoms with E-state index >= 15 is 0 Å². The molecule has 1 aromatic heterocycles. The van der Waals surface area contributed by atoms with Crippen molar-refractivity contribution in [3.05, 3.63) is 106 Å².